The van der Waals surface area contributed by atoms with Crippen LogP contribution in [0.15, 0.2) is 84.9 Å². The van der Waals surface area contributed by atoms with E-state index < -0.39 is 10.0 Å². The summed E-state index contributed by atoms with van der Waals surface area (Å²) >= 11 is 0. The molecule has 2 aliphatic rings. The van der Waals surface area contributed by atoms with Gasteiger partial charge in [0.05, 0.1) is 5.75 Å². The van der Waals surface area contributed by atoms with Gasteiger partial charge in [0.1, 0.15) is 0 Å². The predicted molar refractivity (Wildman–Crippen MR) is 120 cm³/mol. The van der Waals surface area contributed by atoms with Crippen molar-refractivity contribution in [3.63, 3.8) is 0 Å². The minimum Gasteiger partial charge on any atom is -0.294 e. The van der Waals surface area contributed by atoms with Crippen molar-refractivity contribution in [2.75, 3.05) is 19.6 Å². The average Bonchev–Trinajstić information content (AvgIpc) is 3.11. The first-order valence-corrected chi connectivity index (χ1v) is 12.1. The van der Waals surface area contributed by atoms with Crippen molar-refractivity contribution in [1.82, 2.24) is 9.21 Å². The van der Waals surface area contributed by atoms with Crippen molar-refractivity contribution in [2.45, 2.75) is 18.3 Å². The maximum atomic E-state index is 12.9. The molecule has 5 rings (SSSR count). The van der Waals surface area contributed by atoms with Crippen molar-refractivity contribution >= 4 is 10.0 Å². The van der Waals surface area contributed by atoms with Gasteiger partial charge in [0.2, 0.25) is 10.0 Å². The van der Waals surface area contributed by atoms with Crippen LogP contribution in [0.4, 0.5) is 0 Å². The third-order valence-corrected chi connectivity index (χ3v) is 8.13. The lowest BCUT2D eigenvalue weighted by Gasteiger charge is -2.43. The standard InChI is InChI=1S/C25H26N2O2S/c28-30(29,19-21-7-3-1-4-8-21)27-17-24-16-26(25(24)18-27)15-20-11-13-23(14-12-20)22-9-5-2-6-10-22/h1-14,24-25H,15-19H2/t24-,25+/m1/s1. The molecule has 2 fully saturated rings. The summed E-state index contributed by atoms with van der Waals surface area (Å²) in [7, 11) is -3.26. The molecule has 0 aromatic heterocycles. The van der Waals surface area contributed by atoms with Crippen LogP contribution in [0.1, 0.15) is 11.1 Å². The SMILES string of the molecule is O=S(=O)(Cc1ccccc1)N1C[C@H]2CN(Cc3ccc(-c4ccccc4)cc3)[C@H]2C1. The highest BCUT2D eigenvalue weighted by Crippen LogP contribution is 2.35. The zero-order valence-electron chi connectivity index (χ0n) is 16.9. The van der Waals surface area contributed by atoms with E-state index in [0.717, 1.165) is 18.7 Å². The second kappa shape index (κ2) is 7.99. The second-order valence-corrected chi connectivity index (χ2v) is 10.3. The van der Waals surface area contributed by atoms with E-state index in [1.807, 2.05) is 36.4 Å². The van der Waals surface area contributed by atoms with Crippen molar-refractivity contribution in [3.05, 3.63) is 96.1 Å². The first-order valence-electron chi connectivity index (χ1n) is 10.5. The fraction of sp³-hybridized carbons (Fsp3) is 0.280. The fourth-order valence-electron chi connectivity index (χ4n) is 4.66. The monoisotopic (exact) mass is 418 g/mol. The molecule has 0 unspecified atom stereocenters. The summed E-state index contributed by atoms with van der Waals surface area (Å²) in [6, 6.07) is 28.9. The maximum Gasteiger partial charge on any atom is 0.218 e. The summed E-state index contributed by atoms with van der Waals surface area (Å²) in [5.41, 5.74) is 4.58. The van der Waals surface area contributed by atoms with Crippen LogP contribution in [0.5, 0.6) is 0 Å². The lowest BCUT2D eigenvalue weighted by atomic mass is 9.91. The van der Waals surface area contributed by atoms with Crippen LogP contribution in [0.3, 0.4) is 0 Å². The molecule has 0 spiro atoms. The molecular weight excluding hydrogens is 392 g/mol. The van der Waals surface area contributed by atoms with Crippen molar-refractivity contribution in [2.24, 2.45) is 5.92 Å². The lowest BCUT2D eigenvalue weighted by Crippen LogP contribution is -2.54. The Hall–Kier alpha value is -2.47. The summed E-state index contributed by atoms with van der Waals surface area (Å²) in [6.07, 6.45) is 0. The zero-order chi connectivity index (χ0) is 20.6. The number of likely N-dealkylation sites (tertiary alicyclic amines) is 1. The van der Waals surface area contributed by atoms with Gasteiger partial charge < -0.3 is 0 Å². The van der Waals surface area contributed by atoms with Crippen LogP contribution in [-0.2, 0) is 22.3 Å². The molecule has 0 aliphatic carbocycles. The van der Waals surface area contributed by atoms with E-state index in [9.17, 15) is 8.42 Å². The van der Waals surface area contributed by atoms with Gasteiger partial charge in [-0.1, -0.05) is 84.9 Å². The Balaban J connectivity index is 1.20. The highest BCUT2D eigenvalue weighted by atomic mass is 32.2. The van der Waals surface area contributed by atoms with E-state index in [2.05, 4.69) is 53.4 Å². The molecule has 154 valence electrons. The fourth-order valence-corrected chi connectivity index (χ4v) is 6.25. The van der Waals surface area contributed by atoms with Crippen molar-refractivity contribution < 1.29 is 8.42 Å². The number of hydrogen-bond donors (Lipinski definition) is 0. The van der Waals surface area contributed by atoms with E-state index in [1.165, 1.54) is 16.7 Å². The molecule has 4 nitrogen and oxygen atoms in total. The first-order chi connectivity index (χ1) is 14.6. The highest BCUT2D eigenvalue weighted by Gasteiger charge is 2.48. The molecule has 0 bridgehead atoms. The molecule has 2 atom stereocenters. The Morgan fingerprint density at radius 3 is 2.03 bits per heavy atom. The number of rotatable bonds is 6. The molecule has 3 aromatic rings. The largest absolute Gasteiger partial charge is 0.294 e. The molecule has 0 radical (unpaired) electrons. The van der Waals surface area contributed by atoms with Crippen molar-refractivity contribution in [1.29, 1.82) is 0 Å². The van der Waals surface area contributed by atoms with E-state index >= 15 is 0 Å². The van der Waals surface area contributed by atoms with Gasteiger partial charge in [0, 0.05) is 38.1 Å². The minimum atomic E-state index is -3.26. The minimum absolute atomic E-state index is 0.0915. The molecule has 2 heterocycles. The summed E-state index contributed by atoms with van der Waals surface area (Å²) in [5.74, 6) is 0.549. The number of benzene rings is 3. The van der Waals surface area contributed by atoms with Crippen LogP contribution in [0, 0.1) is 5.92 Å². The Labute approximate surface area is 178 Å². The quantitative estimate of drug-likeness (QED) is 0.608. The Bertz CT molecular complexity index is 1100. The predicted octanol–water partition coefficient (Wildman–Crippen LogP) is 4.00. The lowest BCUT2D eigenvalue weighted by molar-refractivity contribution is 0.0435. The molecule has 0 saturated carbocycles. The van der Waals surface area contributed by atoms with Gasteiger partial charge in [-0.3, -0.25) is 4.90 Å². The van der Waals surface area contributed by atoms with Crippen LogP contribution in [0.25, 0.3) is 11.1 Å². The topological polar surface area (TPSA) is 40.6 Å². The zero-order valence-corrected chi connectivity index (χ0v) is 17.7. The van der Waals surface area contributed by atoms with E-state index in [-0.39, 0.29) is 5.75 Å². The number of sulfonamides is 1. The molecule has 30 heavy (non-hydrogen) atoms. The molecule has 2 aliphatic heterocycles. The third kappa shape index (κ3) is 3.93. The summed E-state index contributed by atoms with van der Waals surface area (Å²) in [5, 5.41) is 0. The summed E-state index contributed by atoms with van der Waals surface area (Å²) in [6.45, 7) is 3.12. The van der Waals surface area contributed by atoms with Gasteiger partial charge in [-0.05, 0) is 22.3 Å². The first kappa shape index (κ1) is 19.5. The van der Waals surface area contributed by atoms with Crippen LogP contribution in [-0.4, -0.2) is 43.3 Å². The van der Waals surface area contributed by atoms with Crippen LogP contribution < -0.4 is 0 Å². The van der Waals surface area contributed by atoms with Gasteiger partial charge in [0.25, 0.3) is 0 Å². The molecule has 2 saturated heterocycles. The van der Waals surface area contributed by atoms with E-state index in [4.69, 9.17) is 0 Å². The van der Waals surface area contributed by atoms with Gasteiger partial charge in [-0.25, -0.2) is 8.42 Å². The van der Waals surface area contributed by atoms with E-state index in [1.54, 1.807) is 4.31 Å². The third-order valence-electron chi connectivity index (χ3n) is 6.34. The second-order valence-electron chi connectivity index (χ2n) is 8.38. The smallest absolute Gasteiger partial charge is 0.218 e. The maximum absolute atomic E-state index is 12.9. The summed E-state index contributed by atoms with van der Waals surface area (Å²) in [4.78, 5) is 2.42. The average molecular weight is 419 g/mol. The summed E-state index contributed by atoms with van der Waals surface area (Å²) < 4.78 is 27.4. The van der Waals surface area contributed by atoms with Gasteiger partial charge in [0.15, 0.2) is 0 Å². The highest BCUT2D eigenvalue weighted by molar-refractivity contribution is 7.88. The van der Waals surface area contributed by atoms with Gasteiger partial charge >= 0.3 is 0 Å². The molecule has 0 N–H and O–H groups in total. The molecular formula is C25H26N2O2S. The van der Waals surface area contributed by atoms with Gasteiger partial charge in [-0.15, -0.1) is 0 Å². The molecule has 3 aromatic carbocycles. The van der Waals surface area contributed by atoms with Crippen LogP contribution >= 0.6 is 0 Å². The van der Waals surface area contributed by atoms with Gasteiger partial charge in [-0.2, -0.15) is 4.31 Å². The number of nitrogens with zero attached hydrogens (tertiary/aromatic N) is 2. The number of fused-ring (bicyclic) bond motifs is 1. The molecule has 5 heteroatoms. The Morgan fingerprint density at radius 2 is 1.33 bits per heavy atom. The van der Waals surface area contributed by atoms with Crippen LogP contribution in [0.2, 0.25) is 0 Å². The normalized spacial score (nSPS) is 21.9. The Kier molecular flexibility index (Phi) is 5.19. The van der Waals surface area contributed by atoms with E-state index in [0.29, 0.717) is 25.0 Å². The van der Waals surface area contributed by atoms with Crippen molar-refractivity contribution in [3.8, 4) is 11.1 Å². The number of hydrogen-bond acceptors (Lipinski definition) is 3. The molecule has 0 amide bonds. The Morgan fingerprint density at radius 1 is 0.700 bits per heavy atom.